The molecule has 9 nitrogen and oxygen atoms in total. The van der Waals surface area contributed by atoms with Crippen LogP contribution in [0.1, 0.15) is 20.3 Å². The number of rotatable bonds is 6. The van der Waals surface area contributed by atoms with Crippen molar-refractivity contribution in [1.82, 2.24) is 0 Å². The molecule has 0 aromatic carbocycles. The van der Waals surface area contributed by atoms with Crippen LogP contribution in [0, 0.1) is 36.3 Å². The van der Waals surface area contributed by atoms with Crippen molar-refractivity contribution in [3.05, 3.63) is 30.3 Å². The topological polar surface area (TPSA) is 129 Å². The maximum atomic E-state index is 10.7. The summed E-state index contributed by atoms with van der Waals surface area (Å²) < 4.78 is 0. The highest BCUT2D eigenvalue weighted by Crippen LogP contribution is 2.26. The van der Waals surface area contributed by atoms with Crippen LogP contribution in [0.15, 0.2) is 0 Å². The first-order valence-corrected chi connectivity index (χ1v) is 4.19. The van der Waals surface area contributed by atoms with Crippen molar-refractivity contribution in [2.24, 2.45) is 5.92 Å². The second kappa shape index (κ2) is 4.62. The summed E-state index contributed by atoms with van der Waals surface area (Å²) in [6, 6.07) is 0. The van der Waals surface area contributed by atoms with Gasteiger partial charge in [0.25, 0.3) is 0 Å². The van der Waals surface area contributed by atoms with Gasteiger partial charge in [-0.1, -0.05) is 6.92 Å². The van der Waals surface area contributed by atoms with Gasteiger partial charge in [0.2, 0.25) is 6.54 Å². The van der Waals surface area contributed by atoms with E-state index in [0.717, 1.165) is 6.92 Å². The zero-order chi connectivity index (χ0) is 12.2. The van der Waals surface area contributed by atoms with Gasteiger partial charge in [0.1, 0.15) is 0 Å². The van der Waals surface area contributed by atoms with Crippen LogP contribution in [0.3, 0.4) is 0 Å². The SMILES string of the molecule is CCC(C(C)C[N+](=O)[O-])([N+](=O)[O-])[N+](=O)[O-]. The minimum atomic E-state index is -2.47. The van der Waals surface area contributed by atoms with Crippen LogP contribution < -0.4 is 0 Å². The highest BCUT2D eigenvalue weighted by atomic mass is 16.7. The molecule has 0 heterocycles. The summed E-state index contributed by atoms with van der Waals surface area (Å²) in [5, 5.41) is 31.5. The van der Waals surface area contributed by atoms with Gasteiger partial charge in [-0.25, -0.2) is 0 Å². The van der Waals surface area contributed by atoms with Crippen LogP contribution in [0.5, 0.6) is 0 Å². The molecule has 86 valence electrons. The molecular formula is C6H11N3O6. The quantitative estimate of drug-likeness (QED) is 0.366. The predicted molar refractivity (Wildman–Crippen MR) is 48.0 cm³/mol. The Balaban J connectivity index is 5.16. The minimum absolute atomic E-state index is 0.387. The highest BCUT2D eigenvalue weighted by Gasteiger charge is 2.61. The van der Waals surface area contributed by atoms with Gasteiger partial charge in [-0.3, -0.25) is 30.3 Å². The lowest BCUT2D eigenvalue weighted by molar-refractivity contribution is -0.810. The predicted octanol–water partition coefficient (Wildman–Crippen LogP) is 0.559. The van der Waals surface area contributed by atoms with E-state index in [-0.39, 0.29) is 6.42 Å². The van der Waals surface area contributed by atoms with Crippen LogP contribution in [0.4, 0.5) is 0 Å². The Labute approximate surface area is 84.5 Å². The maximum absolute atomic E-state index is 10.7. The van der Waals surface area contributed by atoms with Gasteiger partial charge in [0, 0.05) is 4.92 Å². The first-order valence-electron chi connectivity index (χ1n) is 4.19. The summed E-state index contributed by atoms with van der Waals surface area (Å²) in [6.45, 7) is 1.61. The average Bonchev–Trinajstić information content (AvgIpc) is 2.02. The molecule has 0 bridgehead atoms. The third kappa shape index (κ3) is 2.36. The summed E-state index contributed by atoms with van der Waals surface area (Å²) in [5.41, 5.74) is -2.47. The monoisotopic (exact) mass is 221 g/mol. The molecule has 0 radical (unpaired) electrons. The molecule has 1 atom stereocenters. The average molecular weight is 221 g/mol. The van der Waals surface area contributed by atoms with Crippen LogP contribution in [0.2, 0.25) is 0 Å². The number of nitro groups is 3. The number of nitrogens with zero attached hydrogens (tertiary/aromatic N) is 3. The fraction of sp³-hybridized carbons (Fsp3) is 1.00. The first-order chi connectivity index (χ1) is 6.78. The fourth-order valence-corrected chi connectivity index (χ4v) is 1.40. The van der Waals surface area contributed by atoms with E-state index >= 15 is 0 Å². The lowest BCUT2D eigenvalue weighted by atomic mass is 9.93. The van der Waals surface area contributed by atoms with Crippen molar-refractivity contribution in [2.45, 2.75) is 25.9 Å². The Morgan fingerprint density at radius 1 is 1.13 bits per heavy atom. The lowest BCUT2D eigenvalue weighted by Crippen LogP contribution is -2.53. The zero-order valence-electron chi connectivity index (χ0n) is 8.28. The fourth-order valence-electron chi connectivity index (χ4n) is 1.40. The third-order valence-electron chi connectivity index (χ3n) is 2.36. The molecule has 0 spiro atoms. The van der Waals surface area contributed by atoms with Gasteiger partial charge >= 0.3 is 5.66 Å². The van der Waals surface area contributed by atoms with Crippen molar-refractivity contribution in [3.63, 3.8) is 0 Å². The maximum Gasteiger partial charge on any atom is 0.467 e. The second-order valence-corrected chi connectivity index (χ2v) is 3.16. The van der Waals surface area contributed by atoms with Gasteiger partial charge in [0.15, 0.2) is 5.92 Å². The molecule has 0 rings (SSSR count). The molecule has 0 amide bonds. The highest BCUT2D eigenvalue weighted by molar-refractivity contribution is 4.72. The smallest absolute Gasteiger partial charge is 0.265 e. The normalized spacial score (nSPS) is 13.2. The Morgan fingerprint density at radius 2 is 1.53 bits per heavy atom. The molecule has 1 unspecified atom stereocenters. The van der Waals surface area contributed by atoms with Crippen molar-refractivity contribution >= 4 is 0 Å². The van der Waals surface area contributed by atoms with Crippen molar-refractivity contribution in [3.8, 4) is 0 Å². The Hall–Kier alpha value is -1.80. The molecule has 0 aromatic heterocycles. The standard InChI is InChI=1S/C6H11N3O6/c1-3-6(8(12)13,9(14)15)5(2)4-7(10)11/h5H,3-4H2,1-2H3. The van der Waals surface area contributed by atoms with Gasteiger partial charge in [-0.2, -0.15) is 0 Å². The van der Waals surface area contributed by atoms with Crippen molar-refractivity contribution in [1.29, 1.82) is 0 Å². The Bertz CT molecular complexity index is 277. The van der Waals surface area contributed by atoms with E-state index in [1.807, 2.05) is 0 Å². The van der Waals surface area contributed by atoms with Gasteiger partial charge in [-0.15, -0.1) is 0 Å². The summed E-state index contributed by atoms with van der Waals surface area (Å²) in [4.78, 5) is 28.6. The molecule has 0 aliphatic carbocycles. The second-order valence-electron chi connectivity index (χ2n) is 3.16. The van der Waals surface area contributed by atoms with E-state index in [0.29, 0.717) is 0 Å². The Kier molecular flexibility index (Phi) is 4.07. The van der Waals surface area contributed by atoms with E-state index in [4.69, 9.17) is 0 Å². The van der Waals surface area contributed by atoms with Crippen LogP contribution in [0.25, 0.3) is 0 Å². The summed E-state index contributed by atoms with van der Waals surface area (Å²) >= 11 is 0. The molecule has 0 fully saturated rings. The molecule has 0 aliphatic rings. The molecular weight excluding hydrogens is 210 g/mol. The van der Waals surface area contributed by atoms with Crippen molar-refractivity contribution in [2.75, 3.05) is 6.54 Å². The lowest BCUT2D eigenvalue weighted by Gasteiger charge is -2.18. The zero-order valence-corrected chi connectivity index (χ0v) is 8.28. The molecule has 0 aliphatic heterocycles. The molecule has 9 heteroatoms. The summed E-state index contributed by atoms with van der Waals surface area (Å²) in [5.74, 6) is -1.26. The summed E-state index contributed by atoms with van der Waals surface area (Å²) in [6.07, 6.45) is -0.387. The molecule has 0 saturated carbocycles. The molecule has 0 saturated heterocycles. The number of hydrogen-bond donors (Lipinski definition) is 0. The van der Waals surface area contributed by atoms with Gasteiger partial charge < -0.3 is 0 Å². The van der Waals surface area contributed by atoms with E-state index in [2.05, 4.69) is 0 Å². The minimum Gasteiger partial charge on any atom is -0.265 e. The van der Waals surface area contributed by atoms with E-state index < -0.39 is 32.9 Å². The Morgan fingerprint density at radius 3 is 1.73 bits per heavy atom. The first kappa shape index (κ1) is 13.2. The van der Waals surface area contributed by atoms with Crippen LogP contribution in [-0.2, 0) is 0 Å². The van der Waals surface area contributed by atoms with Crippen LogP contribution >= 0.6 is 0 Å². The molecule has 0 aromatic rings. The largest absolute Gasteiger partial charge is 0.467 e. The summed E-state index contributed by atoms with van der Waals surface area (Å²) in [7, 11) is 0. The molecule has 0 N–H and O–H groups in total. The van der Waals surface area contributed by atoms with E-state index in [9.17, 15) is 30.3 Å². The molecule has 15 heavy (non-hydrogen) atoms. The number of hydrogen-bond acceptors (Lipinski definition) is 6. The van der Waals surface area contributed by atoms with E-state index in [1.54, 1.807) is 0 Å². The van der Waals surface area contributed by atoms with E-state index in [1.165, 1.54) is 6.92 Å². The van der Waals surface area contributed by atoms with Gasteiger partial charge in [-0.05, 0) is 6.92 Å². The third-order valence-corrected chi connectivity index (χ3v) is 2.36. The van der Waals surface area contributed by atoms with Crippen LogP contribution in [-0.4, -0.2) is 27.0 Å². The van der Waals surface area contributed by atoms with Crippen molar-refractivity contribution < 1.29 is 14.8 Å². The van der Waals surface area contributed by atoms with Gasteiger partial charge in [0.05, 0.1) is 16.3 Å².